The van der Waals surface area contributed by atoms with E-state index >= 15 is 0 Å². The fraction of sp³-hybridized carbons (Fsp3) is 0.778. The van der Waals surface area contributed by atoms with Gasteiger partial charge in [-0.25, -0.2) is 9.97 Å². The number of aromatic nitrogens is 2. The maximum Gasteiger partial charge on any atom is 0.131 e. The first-order valence-electron chi connectivity index (χ1n) is 8.66. The first kappa shape index (κ1) is 16.4. The molecule has 2 unspecified atom stereocenters. The largest absolute Gasteiger partial charge is 0.316 e. The van der Waals surface area contributed by atoms with E-state index in [4.69, 9.17) is 9.97 Å². The van der Waals surface area contributed by atoms with E-state index in [0.717, 1.165) is 31.3 Å². The summed E-state index contributed by atoms with van der Waals surface area (Å²) in [7, 11) is 0. The Morgan fingerprint density at radius 1 is 1.10 bits per heavy atom. The van der Waals surface area contributed by atoms with Crippen molar-refractivity contribution < 1.29 is 0 Å². The smallest absolute Gasteiger partial charge is 0.131 e. The van der Waals surface area contributed by atoms with E-state index in [-0.39, 0.29) is 0 Å². The van der Waals surface area contributed by atoms with Gasteiger partial charge in [0.25, 0.3) is 0 Å². The number of aryl methyl sites for hydroxylation is 2. The van der Waals surface area contributed by atoms with Crippen molar-refractivity contribution in [3.63, 3.8) is 0 Å². The Balaban J connectivity index is 2.05. The van der Waals surface area contributed by atoms with Gasteiger partial charge in [-0.3, -0.25) is 0 Å². The Hall–Kier alpha value is -0.960. The van der Waals surface area contributed by atoms with Crippen LogP contribution in [0.4, 0.5) is 0 Å². The molecule has 1 saturated carbocycles. The van der Waals surface area contributed by atoms with E-state index in [1.165, 1.54) is 49.1 Å². The summed E-state index contributed by atoms with van der Waals surface area (Å²) < 4.78 is 0. The zero-order chi connectivity index (χ0) is 15.2. The van der Waals surface area contributed by atoms with E-state index < -0.39 is 0 Å². The second-order valence-corrected chi connectivity index (χ2v) is 6.70. The molecule has 2 atom stereocenters. The van der Waals surface area contributed by atoms with Gasteiger partial charge in [0.1, 0.15) is 5.82 Å². The summed E-state index contributed by atoms with van der Waals surface area (Å²) in [4.78, 5) is 9.70. The number of nitrogens with one attached hydrogen (secondary N) is 1. The molecule has 3 nitrogen and oxygen atoms in total. The van der Waals surface area contributed by atoms with Crippen LogP contribution in [-0.2, 0) is 6.42 Å². The van der Waals surface area contributed by atoms with Gasteiger partial charge in [-0.15, -0.1) is 0 Å². The first-order chi connectivity index (χ1) is 10.1. The Kier molecular flexibility index (Phi) is 6.16. The van der Waals surface area contributed by atoms with E-state index in [9.17, 15) is 0 Å². The van der Waals surface area contributed by atoms with Gasteiger partial charge < -0.3 is 5.32 Å². The predicted molar refractivity (Wildman–Crippen MR) is 88.7 cm³/mol. The summed E-state index contributed by atoms with van der Waals surface area (Å²) in [5, 5.41) is 3.47. The highest BCUT2D eigenvalue weighted by Gasteiger charge is 2.23. The molecule has 0 aliphatic heterocycles. The number of rotatable bonds is 6. The summed E-state index contributed by atoms with van der Waals surface area (Å²) in [5.74, 6) is 2.51. The summed E-state index contributed by atoms with van der Waals surface area (Å²) in [6.07, 6.45) is 7.45. The van der Waals surface area contributed by atoms with Crippen LogP contribution < -0.4 is 5.32 Å². The van der Waals surface area contributed by atoms with Gasteiger partial charge in [-0.2, -0.15) is 0 Å². The molecule has 0 saturated heterocycles. The third kappa shape index (κ3) is 4.50. The molecular weight excluding hydrogens is 258 g/mol. The van der Waals surface area contributed by atoms with E-state index in [1.807, 2.05) is 0 Å². The van der Waals surface area contributed by atoms with Crippen LogP contribution in [0.1, 0.15) is 74.6 Å². The lowest BCUT2D eigenvalue weighted by Gasteiger charge is -2.26. The molecule has 1 aromatic rings. The zero-order valence-corrected chi connectivity index (χ0v) is 14.2. The predicted octanol–water partition coefficient (Wildman–Crippen LogP) is 3.93. The lowest BCUT2D eigenvalue weighted by molar-refractivity contribution is 0.334. The number of hydrogen-bond donors (Lipinski definition) is 1. The highest BCUT2D eigenvalue weighted by molar-refractivity contribution is 5.25. The molecule has 1 N–H and O–H groups in total. The van der Waals surface area contributed by atoms with Crippen LogP contribution in [-0.4, -0.2) is 23.1 Å². The van der Waals surface area contributed by atoms with Crippen molar-refractivity contribution in [2.24, 2.45) is 5.92 Å². The lowest BCUT2D eigenvalue weighted by Crippen LogP contribution is -2.20. The number of nitrogens with zero attached hydrogens (tertiary/aromatic N) is 2. The molecule has 1 heterocycles. The van der Waals surface area contributed by atoms with Crippen molar-refractivity contribution in [3.8, 4) is 0 Å². The van der Waals surface area contributed by atoms with Gasteiger partial charge in [0.15, 0.2) is 0 Å². The van der Waals surface area contributed by atoms with Crippen LogP contribution in [0.15, 0.2) is 0 Å². The van der Waals surface area contributed by atoms with Crippen molar-refractivity contribution in [1.29, 1.82) is 0 Å². The molecule has 0 spiro atoms. The minimum absolute atomic E-state index is 0.582. The van der Waals surface area contributed by atoms with Gasteiger partial charge >= 0.3 is 0 Å². The molecule has 1 fully saturated rings. The van der Waals surface area contributed by atoms with Crippen LogP contribution in [0.3, 0.4) is 0 Å². The van der Waals surface area contributed by atoms with Crippen LogP contribution in [0, 0.1) is 19.8 Å². The van der Waals surface area contributed by atoms with Crippen LogP contribution in [0.25, 0.3) is 0 Å². The molecule has 2 rings (SSSR count). The Morgan fingerprint density at radius 3 is 2.43 bits per heavy atom. The second-order valence-electron chi connectivity index (χ2n) is 6.70. The Morgan fingerprint density at radius 2 is 1.81 bits per heavy atom. The third-order valence-electron chi connectivity index (χ3n) is 4.72. The van der Waals surface area contributed by atoms with Crippen molar-refractivity contribution in [2.45, 2.75) is 72.1 Å². The molecule has 0 radical (unpaired) electrons. The highest BCUT2D eigenvalue weighted by atomic mass is 14.9. The quantitative estimate of drug-likeness (QED) is 0.806. The summed E-state index contributed by atoms with van der Waals surface area (Å²) in [6, 6.07) is 0. The molecule has 0 amide bonds. The van der Waals surface area contributed by atoms with Gasteiger partial charge in [0, 0.05) is 17.3 Å². The average Bonchev–Trinajstić information content (AvgIpc) is 2.45. The Labute approximate surface area is 130 Å². The van der Waals surface area contributed by atoms with Crippen molar-refractivity contribution in [1.82, 2.24) is 15.3 Å². The number of hydrogen-bond acceptors (Lipinski definition) is 3. The molecule has 21 heavy (non-hydrogen) atoms. The third-order valence-corrected chi connectivity index (χ3v) is 4.72. The average molecular weight is 289 g/mol. The fourth-order valence-corrected chi connectivity index (χ4v) is 3.49. The molecule has 1 aliphatic rings. The van der Waals surface area contributed by atoms with E-state index in [1.54, 1.807) is 0 Å². The summed E-state index contributed by atoms with van der Waals surface area (Å²) in [6.45, 7) is 11.0. The van der Waals surface area contributed by atoms with E-state index in [0.29, 0.717) is 5.92 Å². The van der Waals surface area contributed by atoms with Crippen LogP contribution >= 0.6 is 0 Å². The molecule has 118 valence electrons. The molecule has 0 bridgehead atoms. The monoisotopic (exact) mass is 289 g/mol. The van der Waals surface area contributed by atoms with Gasteiger partial charge in [0.2, 0.25) is 0 Å². The minimum atomic E-state index is 0.582. The van der Waals surface area contributed by atoms with Gasteiger partial charge in [-0.1, -0.05) is 26.7 Å². The van der Waals surface area contributed by atoms with Crippen molar-refractivity contribution in [2.75, 3.05) is 13.1 Å². The van der Waals surface area contributed by atoms with Gasteiger partial charge in [-0.05, 0) is 64.1 Å². The summed E-state index contributed by atoms with van der Waals surface area (Å²) in [5.41, 5.74) is 3.72. The van der Waals surface area contributed by atoms with E-state index in [2.05, 4.69) is 33.0 Å². The maximum atomic E-state index is 4.85. The van der Waals surface area contributed by atoms with Gasteiger partial charge in [0.05, 0.1) is 0 Å². The first-order valence-corrected chi connectivity index (χ1v) is 8.66. The summed E-state index contributed by atoms with van der Waals surface area (Å²) >= 11 is 0. The standard InChI is InChI=1S/C18H31N3/c1-5-10-19-11-9-17-14(3)20-18(21-15(17)4)16-8-6-7-13(2)12-16/h13,16,19H,5-12H2,1-4H3. The Bertz CT molecular complexity index is 433. The zero-order valence-electron chi connectivity index (χ0n) is 14.2. The maximum absolute atomic E-state index is 4.85. The molecule has 3 heteroatoms. The topological polar surface area (TPSA) is 37.8 Å². The van der Waals surface area contributed by atoms with Crippen molar-refractivity contribution in [3.05, 3.63) is 22.8 Å². The van der Waals surface area contributed by atoms with Crippen molar-refractivity contribution >= 4 is 0 Å². The normalized spacial score (nSPS) is 22.5. The molecule has 1 aromatic heterocycles. The van der Waals surface area contributed by atoms with Crippen LogP contribution in [0.2, 0.25) is 0 Å². The SMILES string of the molecule is CCCNCCc1c(C)nc(C2CCCC(C)C2)nc1C. The highest BCUT2D eigenvalue weighted by Crippen LogP contribution is 2.34. The fourth-order valence-electron chi connectivity index (χ4n) is 3.49. The molecule has 1 aliphatic carbocycles. The second kappa shape index (κ2) is 7.88. The van der Waals surface area contributed by atoms with Crippen LogP contribution in [0.5, 0.6) is 0 Å². The lowest BCUT2D eigenvalue weighted by atomic mass is 9.82. The minimum Gasteiger partial charge on any atom is -0.316 e. The molecule has 0 aromatic carbocycles. The molecular formula is C18H31N3.